The van der Waals surface area contributed by atoms with E-state index in [0.717, 1.165) is 56.2 Å². The number of hydrogen-bond donors (Lipinski definition) is 0. The third kappa shape index (κ3) is 5.33. The van der Waals surface area contributed by atoms with Gasteiger partial charge in [0.1, 0.15) is 18.1 Å². The van der Waals surface area contributed by atoms with E-state index in [1.54, 1.807) is 0 Å². The molecule has 0 saturated carbocycles. The van der Waals surface area contributed by atoms with Gasteiger partial charge in [0.25, 0.3) is 5.91 Å². The van der Waals surface area contributed by atoms with Gasteiger partial charge in [-0.15, -0.1) is 0 Å². The van der Waals surface area contributed by atoms with Crippen molar-refractivity contribution in [2.24, 2.45) is 0 Å². The Labute approximate surface area is 183 Å². The number of amides is 1. The van der Waals surface area contributed by atoms with Gasteiger partial charge in [-0.25, -0.2) is 0 Å². The van der Waals surface area contributed by atoms with Gasteiger partial charge in [0.15, 0.2) is 0 Å². The molecule has 0 bridgehead atoms. The average Bonchev–Trinajstić information content (AvgIpc) is 3.14. The summed E-state index contributed by atoms with van der Waals surface area (Å²) in [7, 11) is 0. The number of ether oxygens (including phenoxy) is 1. The van der Waals surface area contributed by atoms with Crippen molar-refractivity contribution in [1.82, 2.24) is 15.0 Å². The molecule has 1 amide bonds. The van der Waals surface area contributed by atoms with Crippen LogP contribution in [0.1, 0.15) is 32.9 Å². The maximum absolute atomic E-state index is 13.0. The lowest BCUT2D eigenvalue weighted by atomic mass is 10.1. The number of carbonyl (C=O) groups excluding carboxylic acids is 1. The molecule has 0 unspecified atom stereocenters. The second-order valence-electron chi connectivity index (χ2n) is 7.99. The summed E-state index contributed by atoms with van der Waals surface area (Å²) in [5.74, 6) is 1.49. The van der Waals surface area contributed by atoms with E-state index in [0.29, 0.717) is 17.9 Å². The lowest BCUT2D eigenvalue weighted by Gasteiger charge is -2.34. The van der Waals surface area contributed by atoms with Crippen LogP contribution >= 0.6 is 0 Å². The molecule has 0 N–H and O–H groups in total. The topological polar surface area (TPSA) is 58.8 Å². The van der Waals surface area contributed by atoms with Crippen molar-refractivity contribution in [2.75, 3.05) is 32.7 Å². The first-order chi connectivity index (χ1) is 15.1. The number of rotatable bonds is 7. The van der Waals surface area contributed by atoms with Crippen LogP contribution in [0.25, 0.3) is 0 Å². The molecule has 1 aromatic heterocycles. The Balaban J connectivity index is 1.29. The van der Waals surface area contributed by atoms with Crippen molar-refractivity contribution in [3.05, 3.63) is 82.7 Å². The number of aryl methyl sites for hydroxylation is 2. The molecule has 2 aromatic carbocycles. The van der Waals surface area contributed by atoms with Gasteiger partial charge in [0.05, 0.1) is 11.3 Å². The van der Waals surface area contributed by atoms with Gasteiger partial charge in [-0.05, 0) is 44.0 Å². The maximum atomic E-state index is 13.0. The van der Waals surface area contributed by atoms with E-state index in [-0.39, 0.29) is 5.91 Å². The van der Waals surface area contributed by atoms with Crippen LogP contribution in [0.15, 0.2) is 59.1 Å². The van der Waals surface area contributed by atoms with Crippen molar-refractivity contribution in [1.29, 1.82) is 0 Å². The highest BCUT2D eigenvalue weighted by Gasteiger charge is 2.22. The minimum atomic E-state index is 0.0606. The molecule has 31 heavy (non-hydrogen) atoms. The van der Waals surface area contributed by atoms with E-state index in [2.05, 4.69) is 34.3 Å². The Bertz CT molecular complexity index is 988. The van der Waals surface area contributed by atoms with Crippen LogP contribution in [0.5, 0.6) is 5.75 Å². The minimum Gasteiger partial charge on any atom is -0.489 e. The summed E-state index contributed by atoms with van der Waals surface area (Å²) in [6.45, 7) is 8.47. The third-order valence-electron chi connectivity index (χ3n) is 5.86. The Morgan fingerprint density at radius 3 is 2.52 bits per heavy atom. The SMILES string of the molecule is Cc1noc(C)c1COc1cccc(C(=O)N2CCN(CCc3ccccc3)CC2)c1. The molecule has 2 heterocycles. The highest BCUT2D eigenvalue weighted by molar-refractivity contribution is 5.94. The van der Waals surface area contributed by atoms with E-state index in [4.69, 9.17) is 9.26 Å². The summed E-state index contributed by atoms with van der Waals surface area (Å²) in [6.07, 6.45) is 1.04. The highest BCUT2D eigenvalue weighted by atomic mass is 16.5. The Morgan fingerprint density at radius 1 is 1.03 bits per heavy atom. The number of aromatic nitrogens is 1. The van der Waals surface area contributed by atoms with Crippen molar-refractivity contribution < 1.29 is 14.1 Å². The Morgan fingerprint density at radius 2 is 1.81 bits per heavy atom. The molecular formula is C25H29N3O3. The van der Waals surface area contributed by atoms with E-state index in [1.807, 2.05) is 49.1 Å². The molecule has 1 saturated heterocycles. The smallest absolute Gasteiger partial charge is 0.254 e. The van der Waals surface area contributed by atoms with Crippen molar-refractivity contribution >= 4 is 5.91 Å². The van der Waals surface area contributed by atoms with Crippen LogP contribution < -0.4 is 4.74 Å². The number of hydrogen-bond acceptors (Lipinski definition) is 5. The second kappa shape index (κ2) is 9.79. The van der Waals surface area contributed by atoms with E-state index in [9.17, 15) is 4.79 Å². The molecule has 1 aliphatic rings. The van der Waals surface area contributed by atoms with Crippen LogP contribution in [-0.2, 0) is 13.0 Å². The fourth-order valence-corrected chi connectivity index (χ4v) is 3.87. The molecule has 6 nitrogen and oxygen atoms in total. The number of piperazine rings is 1. The van der Waals surface area contributed by atoms with Crippen LogP contribution in [0.3, 0.4) is 0 Å². The van der Waals surface area contributed by atoms with Gasteiger partial charge in [0, 0.05) is 38.3 Å². The maximum Gasteiger partial charge on any atom is 0.254 e. The minimum absolute atomic E-state index is 0.0606. The van der Waals surface area contributed by atoms with Crippen LogP contribution in [0.4, 0.5) is 0 Å². The molecule has 1 fully saturated rings. The van der Waals surface area contributed by atoms with E-state index >= 15 is 0 Å². The van der Waals surface area contributed by atoms with Crippen LogP contribution in [0, 0.1) is 13.8 Å². The molecule has 6 heteroatoms. The summed E-state index contributed by atoms with van der Waals surface area (Å²) in [5, 5.41) is 3.95. The molecule has 1 aliphatic heterocycles. The molecular weight excluding hydrogens is 390 g/mol. The number of carbonyl (C=O) groups is 1. The van der Waals surface area contributed by atoms with E-state index in [1.165, 1.54) is 5.56 Å². The summed E-state index contributed by atoms with van der Waals surface area (Å²) in [5.41, 5.74) is 3.79. The van der Waals surface area contributed by atoms with Gasteiger partial charge in [-0.1, -0.05) is 41.6 Å². The average molecular weight is 420 g/mol. The first-order valence-electron chi connectivity index (χ1n) is 10.8. The van der Waals surface area contributed by atoms with Crippen molar-refractivity contribution in [3.63, 3.8) is 0 Å². The van der Waals surface area contributed by atoms with Crippen LogP contribution in [0.2, 0.25) is 0 Å². The van der Waals surface area contributed by atoms with Gasteiger partial charge >= 0.3 is 0 Å². The zero-order valence-corrected chi connectivity index (χ0v) is 18.2. The molecule has 3 aromatic rings. The largest absolute Gasteiger partial charge is 0.489 e. The standard InChI is InChI=1S/C25H29N3O3/c1-19-24(20(2)31-26-19)18-30-23-10-6-9-22(17-23)25(29)28-15-13-27(14-16-28)12-11-21-7-4-3-5-8-21/h3-10,17H,11-16,18H2,1-2H3. The zero-order chi connectivity index (χ0) is 21.6. The predicted molar refractivity (Wildman–Crippen MR) is 119 cm³/mol. The Hall–Kier alpha value is -3.12. The fourth-order valence-electron chi connectivity index (χ4n) is 3.87. The summed E-state index contributed by atoms with van der Waals surface area (Å²) in [6, 6.07) is 18.0. The summed E-state index contributed by atoms with van der Waals surface area (Å²) < 4.78 is 11.1. The Kier molecular flexibility index (Phi) is 6.67. The van der Waals surface area contributed by atoms with Gasteiger partial charge in [-0.2, -0.15) is 0 Å². The summed E-state index contributed by atoms with van der Waals surface area (Å²) in [4.78, 5) is 17.4. The van der Waals surface area contributed by atoms with Gasteiger partial charge < -0.3 is 14.2 Å². The van der Waals surface area contributed by atoms with Crippen LogP contribution in [-0.4, -0.2) is 53.6 Å². The van der Waals surface area contributed by atoms with Gasteiger partial charge in [-0.3, -0.25) is 9.69 Å². The first kappa shape index (κ1) is 21.1. The first-order valence-corrected chi connectivity index (χ1v) is 10.8. The van der Waals surface area contributed by atoms with Crippen molar-refractivity contribution in [2.45, 2.75) is 26.9 Å². The second-order valence-corrected chi connectivity index (χ2v) is 7.99. The number of nitrogens with zero attached hydrogens (tertiary/aromatic N) is 3. The lowest BCUT2D eigenvalue weighted by Crippen LogP contribution is -2.49. The van der Waals surface area contributed by atoms with E-state index < -0.39 is 0 Å². The molecule has 162 valence electrons. The highest BCUT2D eigenvalue weighted by Crippen LogP contribution is 2.20. The quantitative estimate of drug-likeness (QED) is 0.582. The van der Waals surface area contributed by atoms with Crippen molar-refractivity contribution in [3.8, 4) is 5.75 Å². The van der Waals surface area contributed by atoms with Gasteiger partial charge in [0.2, 0.25) is 0 Å². The molecule has 0 aliphatic carbocycles. The zero-order valence-electron chi connectivity index (χ0n) is 18.2. The predicted octanol–water partition coefficient (Wildman–Crippen LogP) is 3.87. The fraction of sp³-hybridized carbons (Fsp3) is 0.360. The molecule has 0 atom stereocenters. The normalized spacial score (nSPS) is 14.6. The monoisotopic (exact) mass is 419 g/mol. The summed E-state index contributed by atoms with van der Waals surface area (Å²) >= 11 is 0. The third-order valence-corrected chi connectivity index (χ3v) is 5.86. The molecule has 4 rings (SSSR count). The lowest BCUT2D eigenvalue weighted by molar-refractivity contribution is 0.0638. The molecule has 0 spiro atoms. The molecule has 0 radical (unpaired) electrons. The number of benzene rings is 2.